The summed E-state index contributed by atoms with van der Waals surface area (Å²) in [6.45, 7) is -0.0678. The van der Waals surface area contributed by atoms with Gasteiger partial charge >= 0.3 is 0 Å². The second-order valence-corrected chi connectivity index (χ2v) is 8.25. The maximum Gasteiger partial charge on any atom is 0.263 e. The Hall–Kier alpha value is -2.78. The highest BCUT2D eigenvalue weighted by atomic mass is 32.2. The molecule has 3 rings (SSSR count). The summed E-state index contributed by atoms with van der Waals surface area (Å²) in [6.07, 6.45) is 1.11. The molecule has 27 heavy (non-hydrogen) atoms. The molecule has 9 heteroatoms. The van der Waals surface area contributed by atoms with Crippen LogP contribution in [0, 0.1) is 5.82 Å². The van der Waals surface area contributed by atoms with Crippen LogP contribution in [0.25, 0.3) is 11.0 Å². The summed E-state index contributed by atoms with van der Waals surface area (Å²) in [6, 6.07) is 12.8. The number of carbonyl (C=O) groups is 1. The second kappa shape index (κ2) is 7.85. The number of fused-ring (bicyclic) bond motifs is 1. The summed E-state index contributed by atoms with van der Waals surface area (Å²) in [5.74, 6) is -0.804. The molecule has 7 nitrogen and oxygen atoms in total. The number of sulfone groups is 1. The van der Waals surface area contributed by atoms with Crippen LogP contribution in [0.5, 0.6) is 0 Å². The van der Waals surface area contributed by atoms with Gasteiger partial charge in [0.2, 0.25) is 0 Å². The molecule has 0 aliphatic rings. The largest absolute Gasteiger partial charge is 0.318 e. The van der Waals surface area contributed by atoms with E-state index in [1.165, 1.54) is 12.1 Å². The lowest BCUT2D eigenvalue weighted by Crippen LogP contribution is -2.28. The van der Waals surface area contributed by atoms with Crippen molar-refractivity contribution in [3.05, 3.63) is 65.7 Å². The molecule has 1 amide bonds. The summed E-state index contributed by atoms with van der Waals surface area (Å²) in [7, 11) is -3.32. The first-order valence-corrected chi connectivity index (χ1v) is 10.1. The van der Waals surface area contributed by atoms with Gasteiger partial charge < -0.3 is 4.57 Å². The minimum absolute atomic E-state index is 0.0763. The topological polar surface area (TPSA) is 90.3 Å². The van der Waals surface area contributed by atoms with Gasteiger partial charge in [0.1, 0.15) is 23.9 Å². The number of para-hydroxylation sites is 2. The molecule has 2 aromatic carbocycles. The Balaban J connectivity index is 1.70. The third kappa shape index (κ3) is 5.11. The van der Waals surface area contributed by atoms with E-state index in [1.54, 1.807) is 41.0 Å². The molecule has 0 radical (unpaired) electrons. The average molecular weight is 391 g/mol. The van der Waals surface area contributed by atoms with Gasteiger partial charge in [-0.1, -0.05) is 24.3 Å². The van der Waals surface area contributed by atoms with Gasteiger partial charge in [0, 0.05) is 6.26 Å². The number of carbonyl (C=O) groups excluding carboxylic acids is 1. The predicted molar refractivity (Wildman–Crippen MR) is 97.6 cm³/mol. The van der Waals surface area contributed by atoms with Crippen LogP contribution in [0.4, 0.5) is 4.39 Å². The number of hydrogen-bond acceptors (Lipinski definition) is 5. The number of amides is 1. The molecule has 1 heterocycles. The quantitative estimate of drug-likeness (QED) is 0.622. The highest BCUT2D eigenvalue weighted by Gasteiger charge is 2.17. The van der Waals surface area contributed by atoms with Crippen molar-refractivity contribution in [1.82, 2.24) is 15.0 Å². The number of hydrogen-bond donors (Lipinski definition) is 1. The number of imidazole rings is 1. The average Bonchev–Trinajstić information content (AvgIpc) is 2.92. The molecular formula is C18H18FN3O4S. The van der Waals surface area contributed by atoms with Crippen LogP contribution in [-0.4, -0.2) is 30.1 Å². The third-order valence-corrected chi connectivity index (χ3v) is 4.55. The normalized spacial score (nSPS) is 11.6. The van der Waals surface area contributed by atoms with Crippen molar-refractivity contribution in [3.8, 4) is 0 Å². The molecule has 1 N–H and O–H groups in total. The first-order valence-electron chi connectivity index (χ1n) is 8.09. The minimum atomic E-state index is -3.32. The minimum Gasteiger partial charge on any atom is -0.318 e. The molecule has 0 saturated carbocycles. The number of nitrogens with one attached hydrogen (secondary N) is 1. The molecule has 0 spiro atoms. The number of nitrogens with zero attached hydrogens (tertiary/aromatic N) is 2. The van der Waals surface area contributed by atoms with Crippen LogP contribution in [0.3, 0.4) is 0 Å². The highest BCUT2D eigenvalue weighted by molar-refractivity contribution is 7.89. The number of rotatable bonds is 7. The Morgan fingerprint density at radius 2 is 1.89 bits per heavy atom. The first-order chi connectivity index (χ1) is 12.8. The summed E-state index contributed by atoms with van der Waals surface area (Å²) in [4.78, 5) is 21.7. The SMILES string of the molecule is CS(=O)(=O)Cc1nc2ccccc2n1CC(=O)NOCc1ccc(F)cc1. The summed E-state index contributed by atoms with van der Waals surface area (Å²) in [5.41, 5.74) is 4.27. The van der Waals surface area contributed by atoms with Crippen LogP contribution < -0.4 is 5.48 Å². The van der Waals surface area contributed by atoms with Gasteiger partial charge in [-0.25, -0.2) is 23.3 Å². The lowest BCUT2D eigenvalue weighted by Gasteiger charge is -2.10. The Kier molecular flexibility index (Phi) is 5.52. The molecule has 1 aromatic heterocycles. The van der Waals surface area contributed by atoms with Crippen molar-refractivity contribution in [1.29, 1.82) is 0 Å². The zero-order chi connectivity index (χ0) is 19.4. The summed E-state index contributed by atoms with van der Waals surface area (Å²) < 4.78 is 37.7. The predicted octanol–water partition coefficient (Wildman–Crippen LogP) is 1.97. The van der Waals surface area contributed by atoms with E-state index in [9.17, 15) is 17.6 Å². The highest BCUT2D eigenvalue weighted by Crippen LogP contribution is 2.17. The Morgan fingerprint density at radius 1 is 1.19 bits per heavy atom. The number of halogens is 1. The van der Waals surface area contributed by atoms with Crippen molar-refractivity contribution in [2.75, 3.05) is 6.26 Å². The Morgan fingerprint density at radius 3 is 2.59 bits per heavy atom. The van der Waals surface area contributed by atoms with E-state index in [-0.39, 0.29) is 30.5 Å². The zero-order valence-electron chi connectivity index (χ0n) is 14.6. The number of aromatic nitrogens is 2. The Bertz CT molecular complexity index is 1060. The molecular weight excluding hydrogens is 373 g/mol. The van der Waals surface area contributed by atoms with Crippen molar-refractivity contribution in [2.45, 2.75) is 18.9 Å². The lowest BCUT2D eigenvalue weighted by atomic mass is 10.2. The van der Waals surface area contributed by atoms with Gasteiger partial charge in [-0.05, 0) is 29.8 Å². The maximum absolute atomic E-state index is 12.9. The van der Waals surface area contributed by atoms with Gasteiger partial charge in [-0.3, -0.25) is 9.63 Å². The Labute approximate surface area is 155 Å². The van der Waals surface area contributed by atoms with Gasteiger partial charge in [-0.15, -0.1) is 0 Å². The van der Waals surface area contributed by atoms with E-state index in [4.69, 9.17) is 4.84 Å². The first kappa shape index (κ1) is 19.0. The summed E-state index contributed by atoms with van der Waals surface area (Å²) in [5, 5.41) is 0. The fraction of sp³-hybridized carbons (Fsp3) is 0.222. The second-order valence-electron chi connectivity index (χ2n) is 6.11. The molecule has 3 aromatic rings. The third-order valence-electron chi connectivity index (χ3n) is 3.76. The van der Waals surface area contributed by atoms with E-state index in [0.29, 0.717) is 16.6 Å². The van der Waals surface area contributed by atoms with Crippen LogP contribution in [0.1, 0.15) is 11.4 Å². The number of benzene rings is 2. The van der Waals surface area contributed by atoms with E-state index in [0.717, 1.165) is 6.26 Å². The molecule has 0 aliphatic heterocycles. The van der Waals surface area contributed by atoms with Crippen molar-refractivity contribution in [2.24, 2.45) is 0 Å². The molecule has 0 atom stereocenters. The van der Waals surface area contributed by atoms with Crippen LogP contribution in [0.15, 0.2) is 48.5 Å². The van der Waals surface area contributed by atoms with E-state index < -0.39 is 15.7 Å². The monoisotopic (exact) mass is 391 g/mol. The van der Waals surface area contributed by atoms with Gasteiger partial charge in [-0.2, -0.15) is 0 Å². The van der Waals surface area contributed by atoms with E-state index in [2.05, 4.69) is 10.5 Å². The lowest BCUT2D eigenvalue weighted by molar-refractivity contribution is -0.135. The van der Waals surface area contributed by atoms with E-state index in [1.807, 2.05) is 0 Å². The fourth-order valence-electron chi connectivity index (χ4n) is 2.60. The van der Waals surface area contributed by atoms with Crippen molar-refractivity contribution >= 4 is 26.8 Å². The molecule has 0 bridgehead atoms. The molecule has 0 unspecified atom stereocenters. The standard InChI is InChI=1S/C18H18FN3O4S/c1-27(24,25)12-17-20-15-4-2-3-5-16(15)22(17)10-18(23)21-26-11-13-6-8-14(19)9-7-13/h2-9H,10-12H2,1H3,(H,21,23). The van der Waals surface area contributed by atoms with Crippen LogP contribution >= 0.6 is 0 Å². The van der Waals surface area contributed by atoms with Crippen LogP contribution in [0.2, 0.25) is 0 Å². The van der Waals surface area contributed by atoms with Crippen LogP contribution in [-0.2, 0) is 38.4 Å². The van der Waals surface area contributed by atoms with Gasteiger partial charge in [0.25, 0.3) is 5.91 Å². The maximum atomic E-state index is 12.9. The van der Waals surface area contributed by atoms with Crippen molar-refractivity contribution < 1.29 is 22.4 Å². The molecule has 142 valence electrons. The fourth-order valence-corrected chi connectivity index (χ4v) is 3.29. The molecule has 0 aliphatic carbocycles. The van der Waals surface area contributed by atoms with Crippen molar-refractivity contribution in [3.63, 3.8) is 0 Å². The smallest absolute Gasteiger partial charge is 0.263 e. The summed E-state index contributed by atoms with van der Waals surface area (Å²) >= 11 is 0. The van der Waals surface area contributed by atoms with E-state index >= 15 is 0 Å². The van der Waals surface area contributed by atoms with Gasteiger partial charge in [0.05, 0.1) is 17.6 Å². The zero-order valence-corrected chi connectivity index (χ0v) is 15.4. The van der Waals surface area contributed by atoms with Gasteiger partial charge in [0.15, 0.2) is 9.84 Å². The number of hydroxylamine groups is 1. The molecule has 0 fully saturated rings. The molecule has 0 saturated heterocycles.